The van der Waals surface area contributed by atoms with Gasteiger partial charge in [0.2, 0.25) is 0 Å². The molecule has 1 N–H and O–H groups in total. The molecule has 1 fully saturated rings. The van der Waals surface area contributed by atoms with Gasteiger partial charge in [0, 0.05) is 30.1 Å². The van der Waals surface area contributed by atoms with Crippen LogP contribution in [0.5, 0.6) is 0 Å². The van der Waals surface area contributed by atoms with Gasteiger partial charge in [0.1, 0.15) is 11.5 Å². The van der Waals surface area contributed by atoms with Crippen LogP contribution in [0.4, 0.5) is 5.82 Å². The normalized spacial score (nSPS) is 18.2. The topological polar surface area (TPSA) is 45.2 Å². The Bertz CT molecular complexity index is 462. The zero-order valence-electron chi connectivity index (χ0n) is 11.8. The maximum atomic E-state index is 12.5. The van der Waals surface area contributed by atoms with Gasteiger partial charge in [-0.25, -0.2) is 4.98 Å². The number of amides is 1. The maximum absolute atomic E-state index is 12.5. The van der Waals surface area contributed by atoms with Crippen LogP contribution < -0.4 is 5.32 Å². The molecule has 0 unspecified atom stereocenters. The van der Waals surface area contributed by atoms with Crippen molar-refractivity contribution in [3.63, 3.8) is 0 Å². The molecule has 1 aromatic heterocycles. The molecule has 0 aliphatic carbocycles. The number of carbonyl (C=O) groups is 1. The highest BCUT2D eigenvalue weighted by molar-refractivity contribution is 8.00. The quantitative estimate of drug-likeness (QED) is 0.923. The number of nitrogens with zero attached hydrogens (tertiary/aromatic N) is 2. The van der Waals surface area contributed by atoms with Crippen molar-refractivity contribution < 1.29 is 4.79 Å². The molecule has 0 bridgehead atoms. The molecular weight excluding hydrogens is 258 g/mol. The predicted octanol–water partition coefficient (Wildman–Crippen LogP) is 2.48. The number of rotatable bonds is 3. The monoisotopic (exact) mass is 279 g/mol. The third-order valence-corrected chi connectivity index (χ3v) is 4.34. The molecule has 1 aliphatic rings. The van der Waals surface area contributed by atoms with Crippen LogP contribution in [0, 0.1) is 0 Å². The van der Waals surface area contributed by atoms with E-state index in [-0.39, 0.29) is 10.7 Å². The van der Waals surface area contributed by atoms with Crippen LogP contribution in [0.15, 0.2) is 18.2 Å². The Kier molecular flexibility index (Phi) is 4.34. The summed E-state index contributed by atoms with van der Waals surface area (Å²) in [5, 5.41) is 3.14. The van der Waals surface area contributed by atoms with Crippen molar-refractivity contribution in [2.75, 3.05) is 30.7 Å². The van der Waals surface area contributed by atoms with Crippen molar-refractivity contribution in [1.29, 1.82) is 0 Å². The zero-order chi connectivity index (χ0) is 13.9. The summed E-state index contributed by atoms with van der Waals surface area (Å²) >= 11 is 1.92. The summed E-state index contributed by atoms with van der Waals surface area (Å²) in [5.74, 6) is 1.79. The van der Waals surface area contributed by atoms with Gasteiger partial charge in [0.05, 0.1) is 0 Å². The molecule has 19 heavy (non-hydrogen) atoms. The minimum absolute atomic E-state index is 0.0353. The number of anilines is 1. The van der Waals surface area contributed by atoms with Crippen molar-refractivity contribution in [2.45, 2.75) is 25.5 Å². The van der Waals surface area contributed by atoms with Crippen molar-refractivity contribution >= 4 is 23.5 Å². The minimum Gasteiger partial charge on any atom is -0.370 e. The largest absolute Gasteiger partial charge is 0.370 e. The Balaban J connectivity index is 2.12. The van der Waals surface area contributed by atoms with Crippen LogP contribution in [-0.4, -0.2) is 45.9 Å². The second-order valence-electron chi connectivity index (χ2n) is 5.27. The Morgan fingerprint density at radius 3 is 3.00 bits per heavy atom. The molecule has 1 amide bonds. The summed E-state index contributed by atoms with van der Waals surface area (Å²) in [5.41, 5.74) is 0.529. The van der Waals surface area contributed by atoms with E-state index in [4.69, 9.17) is 0 Å². The van der Waals surface area contributed by atoms with Gasteiger partial charge in [-0.2, -0.15) is 11.8 Å². The summed E-state index contributed by atoms with van der Waals surface area (Å²) in [7, 11) is 0. The lowest BCUT2D eigenvalue weighted by Crippen LogP contribution is -2.46. The first-order valence-electron chi connectivity index (χ1n) is 6.66. The van der Waals surface area contributed by atoms with Gasteiger partial charge in [-0.15, -0.1) is 0 Å². The Morgan fingerprint density at radius 2 is 2.32 bits per heavy atom. The van der Waals surface area contributed by atoms with Gasteiger partial charge in [-0.1, -0.05) is 6.07 Å². The first-order valence-corrected chi connectivity index (χ1v) is 7.64. The van der Waals surface area contributed by atoms with Crippen molar-refractivity contribution in [1.82, 2.24) is 9.88 Å². The van der Waals surface area contributed by atoms with E-state index in [1.54, 1.807) is 6.07 Å². The van der Waals surface area contributed by atoms with Gasteiger partial charge in [-0.3, -0.25) is 4.79 Å². The molecule has 1 aliphatic heterocycles. The molecule has 1 aromatic rings. The highest BCUT2D eigenvalue weighted by atomic mass is 32.2. The van der Waals surface area contributed by atoms with Crippen LogP contribution in [0.3, 0.4) is 0 Å². The molecule has 0 spiro atoms. The van der Waals surface area contributed by atoms with Gasteiger partial charge >= 0.3 is 0 Å². The molecule has 0 radical (unpaired) electrons. The number of nitrogens with one attached hydrogen (secondary N) is 1. The SMILES string of the molecule is CCNc1cccc(C(=O)N2CCSC(C)(C)C2)n1. The van der Waals surface area contributed by atoms with E-state index in [9.17, 15) is 4.79 Å². The van der Waals surface area contributed by atoms with Crippen molar-refractivity contribution in [3.8, 4) is 0 Å². The van der Waals surface area contributed by atoms with Crippen LogP contribution in [0.2, 0.25) is 0 Å². The Morgan fingerprint density at radius 1 is 1.53 bits per heavy atom. The summed E-state index contributed by atoms with van der Waals surface area (Å²) in [6.45, 7) is 8.77. The summed E-state index contributed by atoms with van der Waals surface area (Å²) in [6.07, 6.45) is 0. The smallest absolute Gasteiger partial charge is 0.272 e. The Hall–Kier alpha value is -1.23. The molecule has 0 atom stereocenters. The fraction of sp³-hybridized carbons (Fsp3) is 0.571. The van der Waals surface area contributed by atoms with Gasteiger partial charge in [-0.05, 0) is 32.9 Å². The molecule has 2 heterocycles. The molecule has 0 saturated carbocycles. The van der Waals surface area contributed by atoms with Gasteiger partial charge in [0.15, 0.2) is 0 Å². The highest BCUT2D eigenvalue weighted by Crippen LogP contribution is 2.30. The van der Waals surface area contributed by atoms with Crippen molar-refractivity contribution in [2.24, 2.45) is 0 Å². The first kappa shape index (κ1) is 14.2. The average molecular weight is 279 g/mol. The van der Waals surface area contributed by atoms with Crippen LogP contribution >= 0.6 is 11.8 Å². The van der Waals surface area contributed by atoms with E-state index in [0.717, 1.165) is 31.2 Å². The standard InChI is InChI=1S/C14H21N3OS/c1-4-15-12-7-5-6-11(16-12)13(18)17-8-9-19-14(2,3)10-17/h5-7H,4,8-10H2,1-3H3,(H,15,16). The van der Waals surface area contributed by atoms with E-state index in [1.807, 2.05) is 35.7 Å². The highest BCUT2D eigenvalue weighted by Gasteiger charge is 2.30. The van der Waals surface area contributed by atoms with E-state index >= 15 is 0 Å². The minimum atomic E-state index is 0.0353. The van der Waals surface area contributed by atoms with Gasteiger partial charge in [0.25, 0.3) is 5.91 Å². The maximum Gasteiger partial charge on any atom is 0.272 e. The molecule has 4 nitrogen and oxygen atoms in total. The zero-order valence-corrected chi connectivity index (χ0v) is 12.6. The lowest BCUT2D eigenvalue weighted by atomic mass is 10.1. The van der Waals surface area contributed by atoms with E-state index in [0.29, 0.717) is 5.69 Å². The summed E-state index contributed by atoms with van der Waals surface area (Å²) in [4.78, 5) is 18.8. The molecule has 1 saturated heterocycles. The molecular formula is C14H21N3OS. The Labute approximate surface area is 119 Å². The molecule has 5 heteroatoms. The van der Waals surface area contributed by atoms with E-state index in [2.05, 4.69) is 24.1 Å². The number of pyridine rings is 1. The summed E-state index contributed by atoms with van der Waals surface area (Å²) < 4.78 is 0.132. The molecule has 2 rings (SSSR count). The number of hydrogen-bond acceptors (Lipinski definition) is 4. The van der Waals surface area contributed by atoms with Gasteiger partial charge < -0.3 is 10.2 Å². The fourth-order valence-electron chi connectivity index (χ4n) is 2.19. The number of aromatic nitrogens is 1. The van der Waals surface area contributed by atoms with E-state index in [1.165, 1.54) is 0 Å². The fourth-order valence-corrected chi connectivity index (χ4v) is 3.30. The second-order valence-corrected chi connectivity index (χ2v) is 7.08. The second kappa shape index (κ2) is 5.82. The lowest BCUT2D eigenvalue weighted by Gasteiger charge is -2.37. The first-order chi connectivity index (χ1) is 9.02. The third-order valence-electron chi connectivity index (χ3n) is 3.04. The number of hydrogen-bond donors (Lipinski definition) is 1. The van der Waals surface area contributed by atoms with Crippen LogP contribution in [-0.2, 0) is 0 Å². The van der Waals surface area contributed by atoms with Crippen LogP contribution in [0.25, 0.3) is 0 Å². The summed E-state index contributed by atoms with van der Waals surface area (Å²) in [6, 6.07) is 5.55. The average Bonchev–Trinajstić information content (AvgIpc) is 2.37. The molecule has 0 aromatic carbocycles. The number of thioether (sulfide) groups is 1. The van der Waals surface area contributed by atoms with Crippen LogP contribution in [0.1, 0.15) is 31.3 Å². The van der Waals surface area contributed by atoms with E-state index < -0.39 is 0 Å². The molecule has 104 valence electrons. The third kappa shape index (κ3) is 3.62. The van der Waals surface area contributed by atoms with Crippen molar-refractivity contribution in [3.05, 3.63) is 23.9 Å². The number of carbonyl (C=O) groups excluding carboxylic acids is 1. The predicted molar refractivity (Wildman–Crippen MR) is 80.8 cm³/mol. The lowest BCUT2D eigenvalue weighted by molar-refractivity contribution is 0.0742.